The number of nitrogens with one attached hydrogen (secondary N) is 1. The van der Waals surface area contributed by atoms with E-state index in [0.29, 0.717) is 5.56 Å². The Bertz CT molecular complexity index is 463. The van der Waals surface area contributed by atoms with Crippen molar-refractivity contribution >= 4 is 10.9 Å². The SMILES string of the molecule is CC.Cc1[nH]nc2c(C#N)cccc12. The van der Waals surface area contributed by atoms with Crippen LogP contribution in [-0.4, -0.2) is 10.2 Å². The fraction of sp³-hybridized carbons (Fsp3) is 0.273. The molecule has 2 rings (SSSR count). The molecule has 0 amide bonds. The molecular weight excluding hydrogens is 174 g/mol. The number of para-hydroxylation sites is 1. The Morgan fingerprint density at radius 1 is 1.36 bits per heavy atom. The van der Waals surface area contributed by atoms with Gasteiger partial charge in [0.1, 0.15) is 11.6 Å². The molecule has 0 atom stereocenters. The molecule has 1 N–H and O–H groups in total. The van der Waals surface area contributed by atoms with E-state index in [0.717, 1.165) is 16.6 Å². The number of nitriles is 1. The summed E-state index contributed by atoms with van der Waals surface area (Å²) in [6.45, 7) is 5.94. The Labute approximate surface area is 83.4 Å². The van der Waals surface area contributed by atoms with E-state index in [1.165, 1.54) is 0 Å². The molecule has 1 heterocycles. The van der Waals surface area contributed by atoms with Gasteiger partial charge in [-0.2, -0.15) is 10.4 Å². The average Bonchev–Trinajstić information content (AvgIpc) is 2.64. The highest BCUT2D eigenvalue weighted by molar-refractivity contribution is 5.85. The fourth-order valence-corrected chi connectivity index (χ4v) is 1.26. The summed E-state index contributed by atoms with van der Waals surface area (Å²) in [6, 6.07) is 7.69. The maximum Gasteiger partial charge on any atom is 0.110 e. The Kier molecular flexibility index (Phi) is 3.24. The van der Waals surface area contributed by atoms with Gasteiger partial charge in [-0.1, -0.05) is 26.0 Å². The van der Waals surface area contributed by atoms with Crippen LogP contribution in [0, 0.1) is 18.3 Å². The lowest BCUT2D eigenvalue weighted by atomic mass is 10.1. The van der Waals surface area contributed by atoms with E-state index in [9.17, 15) is 0 Å². The smallest absolute Gasteiger partial charge is 0.110 e. The van der Waals surface area contributed by atoms with Crippen LogP contribution in [0.2, 0.25) is 0 Å². The molecule has 14 heavy (non-hydrogen) atoms. The number of nitrogens with zero attached hydrogens (tertiary/aromatic N) is 2. The third-order valence-electron chi connectivity index (χ3n) is 1.90. The van der Waals surface area contributed by atoms with Gasteiger partial charge in [-0.25, -0.2) is 0 Å². The summed E-state index contributed by atoms with van der Waals surface area (Å²) in [5.41, 5.74) is 2.39. The highest BCUT2D eigenvalue weighted by atomic mass is 15.1. The van der Waals surface area contributed by atoms with Crippen LogP contribution in [-0.2, 0) is 0 Å². The predicted molar refractivity (Wildman–Crippen MR) is 56.9 cm³/mol. The average molecular weight is 187 g/mol. The van der Waals surface area contributed by atoms with Crippen molar-refractivity contribution in [2.75, 3.05) is 0 Å². The zero-order chi connectivity index (χ0) is 10.6. The highest BCUT2D eigenvalue weighted by Gasteiger charge is 2.04. The van der Waals surface area contributed by atoms with E-state index in [2.05, 4.69) is 16.3 Å². The Morgan fingerprint density at radius 2 is 2.07 bits per heavy atom. The third-order valence-corrected chi connectivity index (χ3v) is 1.90. The number of hydrogen-bond donors (Lipinski definition) is 1. The topological polar surface area (TPSA) is 52.5 Å². The van der Waals surface area contributed by atoms with Crippen molar-refractivity contribution in [3.63, 3.8) is 0 Å². The first-order chi connectivity index (χ1) is 6.83. The summed E-state index contributed by atoms with van der Waals surface area (Å²) in [5.74, 6) is 0. The minimum absolute atomic E-state index is 0.622. The van der Waals surface area contributed by atoms with E-state index >= 15 is 0 Å². The highest BCUT2D eigenvalue weighted by Crippen LogP contribution is 2.17. The summed E-state index contributed by atoms with van der Waals surface area (Å²) in [7, 11) is 0. The summed E-state index contributed by atoms with van der Waals surface area (Å²) >= 11 is 0. The van der Waals surface area contributed by atoms with Crippen molar-refractivity contribution in [1.82, 2.24) is 10.2 Å². The van der Waals surface area contributed by atoms with Gasteiger partial charge in [-0.05, 0) is 13.0 Å². The van der Waals surface area contributed by atoms with Crippen LogP contribution in [0.1, 0.15) is 25.1 Å². The van der Waals surface area contributed by atoms with Crippen molar-refractivity contribution in [2.45, 2.75) is 20.8 Å². The summed E-state index contributed by atoms with van der Waals surface area (Å²) < 4.78 is 0. The number of aromatic nitrogens is 2. The fourth-order valence-electron chi connectivity index (χ4n) is 1.26. The summed E-state index contributed by atoms with van der Waals surface area (Å²) in [6.07, 6.45) is 0. The number of fused-ring (bicyclic) bond motifs is 1. The number of aryl methyl sites for hydroxylation is 1. The number of rotatable bonds is 0. The molecule has 0 fully saturated rings. The van der Waals surface area contributed by atoms with Gasteiger partial charge in [0.25, 0.3) is 0 Å². The molecular formula is C11H13N3. The Morgan fingerprint density at radius 3 is 2.71 bits per heavy atom. The first-order valence-corrected chi connectivity index (χ1v) is 4.66. The van der Waals surface area contributed by atoms with E-state index < -0.39 is 0 Å². The van der Waals surface area contributed by atoms with Gasteiger partial charge in [0.2, 0.25) is 0 Å². The molecule has 0 saturated heterocycles. The quantitative estimate of drug-likeness (QED) is 0.689. The van der Waals surface area contributed by atoms with Gasteiger partial charge in [0.15, 0.2) is 0 Å². The molecule has 3 heteroatoms. The molecule has 2 aromatic rings. The van der Waals surface area contributed by atoms with Gasteiger partial charge in [0, 0.05) is 11.1 Å². The van der Waals surface area contributed by atoms with Crippen LogP contribution in [0.3, 0.4) is 0 Å². The van der Waals surface area contributed by atoms with Crippen LogP contribution < -0.4 is 0 Å². The van der Waals surface area contributed by atoms with E-state index in [1.807, 2.05) is 32.9 Å². The van der Waals surface area contributed by atoms with Crippen molar-refractivity contribution in [1.29, 1.82) is 5.26 Å². The van der Waals surface area contributed by atoms with Crippen molar-refractivity contribution in [2.24, 2.45) is 0 Å². The van der Waals surface area contributed by atoms with Gasteiger partial charge in [0.05, 0.1) is 5.56 Å². The molecule has 0 aliphatic heterocycles. The lowest BCUT2D eigenvalue weighted by Crippen LogP contribution is -1.76. The first kappa shape index (κ1) is 10.3. The van der Waals surface area contributed by atoms with Crippen molar-refractivity contribution in [3.8, 4) is 6.07 Å². The number of H-pyrrole nitrogens is 1. The second-order valence-electron chi connectivity index (χ2n) is 2.66. The van der Waals surface area contributed by atoms with Crippen LogP contribution in [0.15, 0.2) is 18.2 Å². The largest absolute Gasteiger partial charge is 0.282 e. The molecule has 0 bridgehead atoms. The van der Waals surface area contributed by atoms with E-state index in [4.69, 9.17) is 5.26 Å². The minimum atomic E-state index is 0.622. The first-order valence-electron chi connectivity index (χ1n) is 4.66. The monoisotopic (exact) mass is 187 g/mol. The van der Waals surface area contributed by atoms with Crippen molar-refractivity contribution < 1.29 is 0 Å². The molecule has 1 aromatic carbocycles. The molecule has 0 aliphatic rings. The predicted octanol–water partition coefficient (Wildman–Crippen LogP) is 2.77. The maximum atomic E-state index is 8.74. The molecule has 0 aliphatic carbocycles. The summed E-state index contributed by atoms with van der Waals surface area (Å²) in [4.78, 5) is 0. The van der Waals surface area contributed by atoms with Gasteiger partial charge >= 0.3 is 0 Å². The number of hydrogen-bond acceptors (Lipinski definition) is 2. The van der Waals surface area contributed by atoms with E-state index in [-0.39, 0.29) is 0 Å². The zero-order valence-corrected chi connectivity index (χ0v) is 8.63. The molecule has 1 aromatic heterocycles. The molecule has 0 spiro atoms. The molecule has 72 valence electrons. The number of benzene rings is 1. The maximum absolute atomic E-state index is 8.74. The second-order valence-corrected chi connectivity index (χ2v) is 2.66. The van der Waals surface area contributed by atoms with Gasteiger partial charge in [-0.3, -0.25) is 5.10 Å². The molecule has 0 radical (unpaired) electrons. The Balaban J connectivity index is 0.000000461. The van der Waals surface area contributed by atoms with Crippen LogP contribution in [0.25, 0.3) is 10.9 Å². The van der Waals surface area contributed by atoms with Crippen molar-refractivity contribution in [3.05, 3.63) is 29.5 Å². The Hall–Kier alpha value is -1.82. The normalized spacial score (nSPS) is 9.00. The lowest BCUT2D eigenvalue weighted by Gasteiger charge is -1.89. The third kappa shape index (κ3) is 1.60. The zero-order valence-electron chi connectivity index (χ0n) is 8.63. The van der Waals surface area contributed by atoms with Crippen LogP contribution >= 0.6 is 0 Å². The second kappa shape index (κ2) is 4.43. The molecule has 3 nitrogen and oxygen atoms in total. The molecule has 0 unspecified atom stereocenters. The van der Waals surface area contributed by atoms with Gasteiger partial charge in [-0.15, -0.1) is 0 Å². The lowest BCUT2D eigenvalue weighted by molar-refractivity contribution is 1.07. The van der Waals surface area contributed by atoms with Crippen LogP contribution in [0.5, 0.6) is 0 Å². The van der Waals surface area contributed by atoms with Gasteiger partial charge < -0.3 is 0 Å². The minimum Gasteiger partial charge on any atom is -0.282 e. The van der Waals surface area contributed by atoms with E-state index in [1.54, 1.807) is 6.07 Å². The number of aromatic amines is 1. The summed E-state index contributed by atoms with van der Waals surface area (Å²) in [5, 5.41) is 16.7. The molecule has 0 saturated carbocycles. The standard InChI is InChI=1S/C9H7N3.C2H6/c1-6-8-4-2-3-7(5-10)9(8)12-11-6;1-2/h2-4H,1H3,(H,11,12);1-2H3. The van der Waals surface area contributed by atoms with Crippen LogP contribution in [0.4, 0.5) is 0 Å².